The van der Waals surface area contributed by atoms with Crippen LogP contribution in [0.2, 0.25) is 0 Å². The van der Waals surface area contributed by atoms with Crippen LogP contribution in [0.5, 0.6) is 0 Å². The molecule has 0 fully saturated rings. The molecule has 60 heavy (non-hydrogen) atoms. The molecule has 0 aliphatic heterocycles. The van der Waals surface area contributed by atoms with Crippen molar-refractivity contribution < 1.29 is 0 Å². The van der Waals surface area contributed by atoms with E-state index in [9.17, 15) is 0 Å². The lowest BCUT2D eigenvalue weighted by Crippen LogP contribution is -2.66. The first-order valence-corrected chi connectivity index (χ1v) is 25.3. The van der Waals surface area contributed by atoms with E-state index in [1.165, 1.54) is 86.8 Å². The molecule has 294 valence electrons. The van der Waals surface area contributed by atoms with Crippen molar-refractivity contribution in [2.75, 3.05) is 0 Å². The molecule has 0 aliphatic rings. The predicted octanol–water partition coefficient (Wildman–Crippen LogP) is 10.6. The zero-order valence-electron chi connectivity index (χ0n) is 35.8. The van der Waals surface area contributed by atoms with Gasteiger partial charge in [0.05, 0.1) is 0 Å². The van der Waals surface area contributed by atoms with Crippen molar-refractivity contribution in [2.24, 2.45) is 0 Å². The first-order valence-electron chi connectivity index (χ1n) is 21.1. The number of rotatable bonds is 11. The summed E-state index contributed by atoms with van der Waals surface area (Å²) in [5.41, 5.74) is 17.6. The van der Waals surface area contributed by atoms with Crippen molar-refractivity contribution in [3.05, 3.63) is 250 Å². The molecular weight excluding hydrogens is 753 g/mol. The quantitative estimate of drug-likeness (QED) is 0.0902. The van der Waals surface area contributed by atoms with Crippen LogP contribution in [0.15, 0.2) is 206 Å². The molecule has 0 unspecified atom stereocenters. The second kappa shape index (κ2) is 17.5. The van der Waals surface area contributed by atoms with E-state index in [0.717, 1.165) is 0 Å². The van der Waals surface area contributed by atoms with Gasteiger partial charge in [0, 0.05) is 0 Å². The average molecular weight is 807 g/mol. The van der Waals surface area contributed by atoms with Gasteiger partial charge in [0.2, 0.25) is 0 Å². The number of hydrogen-bond acceptors (Lipinski definition) is 0. The van der Waals surface area contributed by atoms with Crippen LogP contribution in [0.25, 0.3) is 23.3 Å². The van der Waals surface area contributed by atoms with Crippen LogP contribution in [0.1, 0.15) is 44.5 Å². The summed E-state index contributed by atoms with van der Waals surface area (Å²) in [4.78, 5) is 0. The third-order valence-corrected chi connectivity index (χ3v) is 20.7. The molecule has 0 aromatic heterocycles. The molecule has 0 radical (unpaired) electrons. The van der Waals surface area contributed by atoms with Crippen LogP contribution in [-0.4, -0.2) is 16.1 Å². The van der Waals surface area contributed by atoms with Crippen LogP contribution in [0.4, 0.5) is 0 Å². The second-order valence-corrected chi connectivity index (χ2v) is 24.1. The lowest BCUT2D eigenvalue weighted by atomic mass is 10.0. The van der Waals surface area contributed by atoms with Crippen molar-refractivity contribution in [3.63, 3.8) is 0 Å². The summed E-state index contributed by atoms with van der Waals surface area (Å²) in [6.45, 7) is 13.2. The first-order chi connectivity index (χ1) is 29.1. The Hall–Kier alpha value is -6.33. The lowest BCUT2D eigenvalue weighted by Gasteiger charge is -2.31. The van der Waals surface area contributed by atoms with Crippen molar-refractivity contribution in [1.29, 1.82) is 0 Å². The molecule has 0 N–H and O–H groups in total. The van der Waals surface area contributed by atoms with Crippen LogP contribution in [-0.2, 0) is 0 Å². The van der Waals surface area contributed by atoms with Gasteiger partial charge < -0.3 is 0 Å². The highest BCUT2D eigenvalue weighted by Gasteiger charge is 2.38. The molecule has 2 heteroatoms. The maximum atomic E-state index is 2.55. The SMILES string of the molecule is Cc1cccc([Si](C=Cc2ccc(-c3ccc(C=C[Si](c4cccc(C)c4)(c4cccc(C)c4)c4cccc(C)c4)cc3)cc2)(c2cccc(C)c2)c2cccc(C)c2)c1. The van der Waals surface area contributed by atoms with Gasteiger partial charge in [-0.1, -0.05) is 251 Å². The Labute approximate surface area is 360 Å². The van der Waals surface area contributed by atoms with E-state index in [1.54, 1.807) is 0 Å². The summed E-state index contributed by atoms with van der Waals surface area (Å²) in [6.07, 6.45) is 4.73. The smallest absolute Gasteiger partial charge is 0.0812 e. The summed E-state index contributed by atoms with van der Waals surface area (Å²) in [6, 6.07) is 73.2. The summed E-state index contributed by atoms with van der Waals surface area (Å²) in [5, 5.41) is 8.40. The molecule has 0 aliphatic carbocycles. The monoisotopic (exact) mass is 806 g/mol. The molecular formula is C58H54Si2. The molecule has 0 heterocycles. The second-order valence-electron chi connectivity index (χ2n) is 16.7. The van der Waals surface area contributed by atoms with Crippen molar-refractivity contribution >= 4 is 59.4 Å². The van der Waals surface area contributed by atoms with Gasteiger partial charge in [-0.2, -0.15) is 0 Å². The highest BCUT2D eigenvalue weighted by molar-refractivity contribution is 7.15. The number of benzene rings is 8. The minimum atomic E-state index is -2.56. The molecule has 8 aromatic rings. The van der Waals surface area contributed by atoms with Gasteiger partial charge in [0.15, 0.2) is 16.1 Å². The summed E-state index contributed by atoms with van der Waals surface area (Å²) < 4.78 is 0. The highest BCUT2D eigenvalue weighted by Crippen LogP contribution is 2.23. The third kappa shape index (κ3) is 8.40. The van der Waals surface area contributed by atoms with E-state index in [1.807, 2.05) is 0 Å². The Morgan fingerprint density at radius 1 is 0.267 bits per heavy atom. The normalized spacial score (nSPS) is 12.0. The maximum Gasteiger partial charge on any atom is 0.172 e. The topological polar surface area (TPSA) is 0 Å². The van der Waals surface area contributed by atoms with Crippen molar-refractivity contribution in [1.82, 2.24) is 0 Å². The molecule has 0 spiro atoms. The molecule has 0 amide bonds. The van der Waals surface area contributed by atoms with Crippen molar-refractivity contribution in [2.45, 2.75) is 41.5 Å². The van der Waals surface area contributed by atoms with Gasteiger partial charge in [-0.25, -0.2) is 0 Å². The largest absolute Gasteiger partial charge is 0.172 e. The van der Waals surface area contributed by atoms with Crippen LogP contribution < -0.4 is 31.1 Å². The number of aryl methyl sites for hydroxylation is 6. The van der Waals surface area contributed by atoms with Gasteiger partial charge in [0.1, 0.15) is 0 Å². The molecule has 0 saturated carbocycles. The zero-order chi connectivity index (χ0) is 41.7. The lowest BCUT2D eigenvalue weighted by molar-refractivity contribution is 1.47. The van der Waals surface area contributed by atoms with E-state index in [-0.39, 0.29) is 0 Å². The average Bonchev–Trinajstić information content (AvgIpc) is 3.25. The third-order valence-electron chi connectivity index (χ3n) is 12.0. The predicted molar refractivity (Wildman–Crippen MR) is 266 cm³/mol. The van der Waals surface area contributed by atoms with E-state index < -0.39 is 16.1 Å². The highest BCUT2D eigenvalue weighted by atomic mass is 28.3. The van der Waals surface area contributed by atoms with Gasteiger partial charge in [-0.15, -0.1) is 0 Å². The molecule has 0 nitrogen and oxygen atoms in total. The first kappa shape index (κ1) is 40.5. The number of hydrogen-bond donors (Lipinski definition) is 0. The molecule has 0 saturated heterocycles. The van der Waals surface area contributed by atoms with Crippen molar-refractivity contribution in [3.8, 4) is 11.1 Å². The Balaban J connectivity index is 1.14. The van der Waals surface area contributed by atoms with Crippen LogP contribution in [0, 0.1) is 41.5 Å². The Morgan fingerprint density at radius 2 is 0.483 bits per heavy atom. The Bertz CT molecular complexity index is 2400. The van der Waals surface area contributed by atoms with E-state index in [0.29, 0.717) is 0 Å². The maximum absolute atomic E-state index is 2.56. The Morgan fingerprint density at radius 3 is 0.683 bits per heavy atom. The van der Waals surface area contributed by atoms with Gasteiger partial charge in [-0.3, -0.25) is 0 Å². The summed E-state index contributed by atoms with van der Waals surface area (Å²) >= 11 is 0. The summed E-state index contributed by atoms with van der Waals surface area (Å²) in [5.74, 6) is 0. The standard InChI is InChI=1S/C58H54Si2/c1-43-13-7-19-53(37-43)59(54-20-8-14-44(2)38-54,55-21-9-15-45(3)39-55)35-33-49-25-29-51(30-26-49)52-31-27-50(28-32-52)34-36-60(56-22-10-16-46(4)40-56,57-23-11-17-47(5)41-57)58-24-12-18-48(6)42-58/h7-42H,1-6H3. The minimum Gasteiger partial charge on any atom is -0.0812 e. The van der Waals surface area contributed by atoms with Crippen LogP contribution >= 0.6 is 0 Å². The molecule has 8 rings (SSSR count). The van der Waals surface area contributed by atoms with Gasteiger partial charge in [-0.05, 0) is 94.9 Å². The molecule has 0 atom stereocenters. The van der Waals surface area contributed by atoms with E-state index in [2.05, 4.69) is 259 Å². The fourth-order valence-corrected chi connectivity index (χ4v) is 17.9. The fourth-order valence-electron chi connectivity index (χ4n) is 8.94. The summed E-state index contributed by atoms with van der Waals surface area (Å²) in [7, 11) is -5.13. The zero-order valence-corrected chi connectivity index (χ0v) is 37.8. The minimum absolute atomic E-state index is 1.20. The Kier molecular flexibility index (Phi) is 11.8. The van der Waals surface area contributed by atoms with Gasteiger partial charge in [0.25, 0.3) is 0 Å². The fraction of sp³-hybridized carbons (Fsp3) is 0.103. The van der Waals surface area contributed by atoms with E-state index in [4.69, 9.17) is 0 Å². The van der Waals surface area contributed by atoms with Gasteiger partial charge >= 0.3 is 0 Å². The molecule has 0 bridgehead atoms. The van der Waals surface area contributed by atoms with E-state index >= 15 is 0 Å². The van der Waals surface area contributed by atoms with Crippen LogP contribution in [0.3, 0.4) is 0 Å². The molecule has 8 aromatic carbocycles.